The van der Waals surface area contributed by atoms with Crippen molar-refractivity contribution in [1.82, 2.24) is 10.2 Å². The average molecular weight is 257 g/mol. The van der Waals surface area contributed by atoms with Crippen LogP contribution in [-0.4, -0.2) is 27.2 Å². The zero-order valence-electron chi connectivity index (χ0n) is 9.84. The van der Waals surface area contributed by atoms with Crippen molar-refractivity contribution < 1.29 is 9.52 Å². The Balaban J connectivity index is 1.69. The van der Waals surface area contributed by atoms with Gasteiger partial charge >= 0.3 is 0 Å². The van der Waals surface area contributed by atoms with Crippen LogP contribution in [0.5, 0.6) is 0 Å². The van der Waals surface area contributed by atoms with Crippen LogP contribution < -0.4 is 5.73 Å². The summed E-state index contributed by atoms with van der Waals surface area (Å²) in [4.78, 5) is 0. The molecule has 0 radical (unpaired) electrons. The molecule has 1 aliphatic rings. The number of aliphatic hydroxyl groups is 1. The predicted molar refractivity (Wildman–Crippen MR) is 65.5 cm³/mol. The van der Waals surface area contributed by atoms with Gasteiger partial charge in [-0.2, -0.15) is 0 Å². The van der Waals surface area contributed by atoms with E-state index in [1.165, 1.54) is 37.4 Å². The lowest BCUT2D eigenvalue weighted by Gasteiger charge is -2.13. The largest absolute Gasteiger partial charge is 0.415 e. The molecule has 1 aromatic rings. The first kappa shape index (κ1) is 12.9. The number of hydrogen-bond acceptors (Lipinski definition) is 6. The molecule has 1 atom stereocenters. The van der Waals surface area contributed by atoms with E-state index in [-0.39, 0.29) is 12.6 Å². The smallest absolute Gasteiger partial charge is 0.276 e. The van der Waals surface area contributed by atoms with Gasteiger partial charge in [-0.3, -0.25) is 0 Å². The van der Waals surface area contributed by atoms with Crippen molar-refractivity contribution in [3.8, 4) is 0 Å². The summed E-state index contributed by atoms with van der Waals surface area (Å²) in [5.74, 6) is 1.76. The summed E-state index contributed by atoms with van der Waals surface area (Å²) in [5.41, 5.74) is 5.37. The van der Waals surface area contributed by atoms with Gasteiger partial charge in [0.2, 0.25) is 5.89 Å². The van der Waals surface area contributed by atoms with Gasteiger partial charge in [0.05, 0.1) is 12.6 Å². The maximum absolute atomic E-state index is 9.90. The zero-order valence-corrected chi connectivity index (χ0v) is 10.7. The van der Waals surface area contributed by atoms with E-state index in [2.05, 4.69) is 10.2 Å². The molecule has 1 heterocycles. The highest BCUT2D eigenvalue weighted by Gasteiger charge is 2.19. The van der Waals surface area contributed by atoms with E-state index in [0.29, 0.717) is 22.8 Å². The van der Waals surface area contributed by atoms with Crippen LogP contribution in [0.1, 0.15) is 38.0 Å². The maximum atomic E-state index is 9.90. The lowest BCUT2D eigenvalue weighted by atomic mass is 10.0. The second kappa shape index (κ2) is 6.37. The van der Waals surface area contributed by atoms with Gasteiger partial charge < -0.3 is 15.3 Å². The van der Waals surface area contributed by atoms with Gasteiger partial charge in [-0.25, -0.2) is 0 Å². The Bertz CT molecular complexity index is 339. The van der Waals surface area contributed by atoms with Crippen LogP contribution in [0.25, 0.3) is 0 Å². The fourth-order valence-corrected chi connectivity index (χ4v) is 2.97. The second-order valence-corrected chi connectivity index (χ2v) is 5.49. The third-order valence-electron chi connectivity index (χ3n) is 3.10. The molecule has 0 spiro atoms. The monoisotopic (exact) mass is 257 g/mol. The van der Waals surface area contributed by atoms with Crippen molar-refractivity contribution in [1.29, 1.82) is 0 Å². The van der Waals surface area contributed by atoms with E-state index < -0.39 is 0 Å². The molecule has 0 aliphatic heterocycles. The van der Waals surface area contributed by atoms with E-state index in [1.807, 2.05) is 0 Å². The molecule has 1 saturated carbocycles. The van der Waals surface area contributed by atoms with Crippen LogP contribution in [0, 0.1) is 5.92 Å². The lowest BCUT2D eigenvalue weighted by molar-refractivity contribution is 0.165. The number of rotatable bonds is 6. The van der Waals surface area contributed by atoms with E-state index in [1.54, 1.807) is 0 Å². The molecule has 0 amide bonds. The maximum Gasteiger partial charge on any atom is 0.276 e. The Morgan fingerprint density at radius 1 is 1.41 bits per heavy atom. The van der Waals surface area contributed by atoms with Crippen molar-refractivity contribution in [2.75, 3.05) is 5.75 Å². The van der Waals surface area contributed by atoms with Gasteiger partial charge in [-0.15, -0.1) is 10.2 Å². The molecule has 1 fully saturated rings. The van der Waals surface area contributed by atoms with Crippen molar-refractivity contribution in [2.45, 2.75) is 50.0 Å². The van der Waals surface area contributed by atoms with Gasteiger partial charge in [0.25, 0.3) is 5.22 Å². The molecule has 3 N–H and O–H groups in total. The number of aliphatic hydroxyl groups excluding tert-OH is 1. The summed E-state index contributed by atoms with van der Waals surface area (Å²) < 4.78 is 5.26. The van der Waals surface area contributed by atoms with E-state index >= 15 is 0 Å². The van der Waals surface area contributed by atoms with E-state index in [0.717, 1.165) is 6.42 Å². The van der Waals surface area contributed by atoms with Crippen molar-refractivity contribution >= 4 is 11.8 Å². The molecule has 6 heteroatoms. The highest BCUT2D eigenvalue weighted by atomic mass is 32.2. The Labute approximate surface area is 105 Å². The predicted octanol–water partition coefficient (Wildman–Crippen LogP) is 1.56. The van der Waals surface area contributed by atoms with Crippen molar-refractivity contribution in [3.63, 3.8) is 0 Å². The molecule has 1 aromatic heterocycles. The second-order valence-electron chi connectivity index (χ2n) is 4.52. The summed E-state index contributed by atoms with van der Waals surface area (Å²) in [6.07, 6.45) is 5.77. The molecule has 0 aromatic carbocycles. The summed E-state index contributed by atoms with van der Waals surface area (Å²) in [6, 6.07) is 0. The van der Waals surface area contributed by atoms with Crippen LogP contribution in [-0.2, 0) is 6.54 Å². The van der Waals surface area contributed by atoms with Crippen LogP contribution in [0.3, 0.4) is 0 Å². The molecule has 2 rings (SSSR count). The third-order valence-corrected chi connectivity index (χ3v) is 4.07. The minimum atomic E-state index is -0.281. The standard InChI is InChI=1S/C11H19N3O2S/c12-6-10-13-14-11(16-10)17-7-9(15)5-8-3-1-2-4-8/h8-9,15H,1-7,12H2. The third kappa shape index (κ3) is 3.97. The molecule has 5 nitrogen and oxygen atoms in total. The van der Waals surface area contributed by atoms with Gasteiger partial charge in [0, 0.05) is 5.75 Å². The molecule has 0 bridgehead atoms. The molecule has 0 saturated heterocycles. The highest BCUT2D eigenvalue weighted by Crippen LogP contribution is 2.29. The minimum absolute atomic E-state index is 0.262. The van der Waals surface area contributed by atoms with E-state index in [9.17, 15) is 5.11 Å². The first-order chi connectivity index (χ1) is 8.28. The van der Waals surface area contributed by atoms with Crippen LogP contribution in [0.2, 0.25) is 0 Å². The highest BCUT2D eigenvalue weighted by molar-refractivity contribution is 7.99. The van der Waals surface area contributed by atoms with Crippen molar-refractivity contribution in [2.24, 2.45) is 11.7 Å². The number of aromatic nitrogens is 2. The Kier molecular flexibility index (Phi) is 4.82. The molecule has 1 aliphatic carbocycles. The number of nitrogens with two attached hydrogens (primary N) is 1. The minimum Gasteiger partial charge on any atom is -0.415 e. The first-order valence-electron chi connectivity index (χ1n) is 6.11. The molecule has 96 valence electrons. The SMILES string of the molecule is NCc1nnc(SCC(O)CC2CCCC2)o1. The summed E-state index contributed by atoms with van der Waals surface area (Å²) in [5, 5.41) is 18.0. The Morgan fingerprint density at radius 2 is 2.18 bits per heavy atom. The number of thioether (sulfide) groups is 1. The molecule has 1 unspecified atom stereocenters. The molecular formula is C11H19N3O2S. The van der Waals surface area contributed by atoms with Gasteiger partial charge in [-0.05, 0) is 12.3 Å². The zero-order chi connectivity index (χ0) is 12.1. The average Bonchev–Trinajstić information content (AvgIpc) is 2.96. The van der Waals surface area contributed by atoms with Crippen LogP contribution in [0.4, 0.5) is 0 Å². The normalized spacial score (nSPS) is 18.7. The van der Waals surface area contributed by atoms with Crippen molar-refractivity contribution in [3.05, 3.63) is 5.89 Å². The quantitative estimate of drug-likeness (QED) is 0.752. The van der Waals surface area contributed by atoms with Crippen LogP contribution in [0.15, 0.2) is 9.64 Å². The fraction of sp³-hybridized carbons (Fsp3) is 0.818. The van der Waals surface area contributed by atoms with Gasteiger partial charge in [0.1, 0.15) is 0 Å². The Morgan fingerprint density at radius 3 is 2.82 bits per heavy atom. The molecular weight excluding hydrogens is 238 g/mol. The number of hydrogen-bond donors (Lipinski definition) is 2. The number of nitrogens with zero attached hydrogens (tertiary/aromatic N) is 2. The summed E-state index contributed by atoms with van der Waals surface area (Å²) in [6.45, 7) is 0.262. The summed E-state index contributed by atoms with van der Waals surface area (Å²) in [7, 11) is 0. The topological polar surface area (TPSA) is 85.2 Å². The molecule has 17 heavy (non-hydrogen) atoms. The summed E-state index contributed by atoms with van der Waals surface area (Å²) >= 11 is 1.40. The lowest BCUT2D eigenvalue weighted by Crippen LogP contribution is -2.14. The van der Waals surface area contributed by atoms with Crippen LogP contribution >= 0.6 is 11.8 Å². The van der Waals surface area contributed by atoms with Gasteiger partial charge in [-0.1, -0.05) is 37.4 Å². The fourth-order valence-electron chi connectivity index (χ4n) is 2.25. The first-order valence-corrected chi connectivity index (χ1v) is 7.10. The van der Waals surface area contributed by atoms with E-state index in [4.69, 9.17) is 10.2 Å². The Hall–Kier alpha value is -0.590. The van der Waals surface area contributed by atoms with Gasteiger partial charge in [0.15, 0.2) is 0 Å².